The summed E-state index contributed by atoms with van der Waals surface area (Å²) in [6, 6.07) is 0. The Bertz CT molecular complexity index is 249. The van der Waals surface area contributed by atoms with Gasteiger partial charge in [0.05, 0.1) is 6.61 Å². The maximum Gasteiger partial charge on any atom is 0.417 e. The van der Waals surface area contributed by atoms with E-state index >= 15 is 0 Å². The van der Waals surface area contributed by atoms with E-state index in [2.05, 4.69) is 4.74 Å². The van der Waals surface area contributed by atoms with Gasteiger partial charge >= 0.3 is 6.47 Å². The standard InChI is InChI=1S/C15H23O2/c16-11-17-4-2-1-3-15-8-12-5-13(9-15)7-14(6-12)10-15/h12-14H,1-10H2. The summed E-state index contributed by atoms with van der Waals surface area (Å²) in [5.74, 6) is 3.17. The van der Waals surface area contributed by atoms with Gasteiger partial charge < -0.3 is 4.74 Å². The topological polar surface area (TPSA) is 26.3 Å². The Kier molecular flexibility index (Phi) is 3.14. The van der Waals surface area contributed by atoms with Crippen LogP contribution in [0, 0.1) is 23.2 Å². The van der Waals surface area contributed by atoms with Gasteiger partial charge in [0.25, 0.3) is 0 Å². The van der Waals surface area contributed by atoms with Crippen molar-refractivity contribution in [3.05, 3.63) is 0 Å². The van der Waals surface area contributed by atoms with Gasteiger partial charge in [-0.1, -0.05) is 0 Å². The molecule has 4 fully saturated rings. The van der Waals surface area contributed by atoms with Gasteiger partial charge in [-0.15, -0.1) is 0 Å². The quantitative estimate of drug-likeness (QED) is 0.659. The number of unbranched alkanes of at least 4 members (excludes halogenated alkanes) is 1. The van der Waals surface area contributed by atoms with E-state index in [0.717, 1.165) is 24.2 Å². The minimum absolute atomic E-state index is 0.565. The Balaban J connectivity index is 1.50. The highest BCUT2D eigenvalue weighted by molar-refractivity contribution is 5.37. The Labute approximate surface area is 104 Å². The summed E-state index contributed by atoms with van der Waals surface area (Å²) >= 11 is 0. The van der Waals surface area contributed by atoms with E-state index in [1.54, 1.807) is 0 Å². The Morgan fingerprint density at radius 1 is 1.00 bits per heavy atom. The van der Waals surface area contributed by atoms with Gasteiger partial charge in [0, 0.05) is 0 Å². The highest BCUT2D eigenvalue weighted by atomic mass is 16.5. The first-order valence-corrected chi connectivity index (χ1v) is 7.29. The van der Waals surface area contributed by atoms with E-state index in [4.69, 9.17) is 0 Å². The van der Waals surface area contributed by atoms with Gasteiger partial charge in [-0.05, 0) is 81.0 Å². The molecule has 17 heavy (non-hydrogen) atoms. The zero-order valence-electron chi connectivity index (χ0n) is 10.6. The number of rotatable bonds is 6. The maximum absolute atomic E-state index is 9.94. The van der Waals surface area contributed by atoms with E-state index in [9.17, 15) is 4.79 Å². The van der Waals surface area contributed by atoms with Crippen molar-refractivity contribution in [2.45, 2.75) is 57.8 Å². The van der Waals surface area contributed by atoms with Crippen LogP contribution in [-0.2, 0) is 9.53 Å². The highest BCUT2D eigenvalue weighted by Gasteiger charge is 2.50. The van der Waals surface area contributed by atoms with Gasteiger partial charge in [-0.25, -0.2) is 4.79 Å². The average Bonchev–Trinajstić information content (AvgIpc) is 2.26. The van der Waals surface area contributed by atoms with Crippen LogP contribution in [0.1, 0.15) is 57.8 Å². The van der Waals surface area contributed by atoms with Crippen LogP contribution >= 0.6 is 0 Å². The number of carbonyl (C=O) groups excluding carboxylic acids is 1. The fourth-order valence-corrected chi connectivity index (χ4v) is 5.31. The average molecular weight is 235 g/mol. The second kappa shape index (κ2) is 4.62. The Morgan fingerprint density at radius 2 is 1.59 bits per heavy atom. The van der Waals surface area contributed by atoms with Crippen molar-refractivity contribution in [2.24, 2.45) is 23.2 Å². The first kappa shape index (κ1) is 11.6. The fourth-order valence-electron chi connectivity index (χ4n) is 5.31. The number of ether oxygens (including phenoxy) is 1. The molecule has 1 radical (unpaired) electrons. The van der Waals surface area contributed by atoms with Crippen LogP contribution in [0.3, 0.4) is 0 Å². The van der Waals surface area contributed by atoms with Crippen LogP contribution < -0.4 is 0 Å². The second-order valence-corrected chi connectivity index (χ2v) is 6.81. The summed E-state index contributed by atoms with van der Waals surface area (Å²) in [5, 5.41) is 0. The SMILES string of the molecule is O=[C]OCCCCC12CC3CC(CC(C3)C1)C2. The molecule has 0 atom stereocenters. The molecular formula is C15H23O2. The van der Waals surface area contributed by atoms with Crippen molar-refractivity contribution in [1.82, 2.24) is 0 Å². The van der Waals surface area contributed by atoms with Crippen LogP contribution in [0.4, 0.5) is 0 Å². The van der Waals surface area contributed by atoms with E-state index in [1.807, 2.05) is 0 Å². The third-order valence-corrected chi connectivity index (χ3v) is 5.43. The lowest BCUT2D eigenvalue weighted by Crippen LogP contribution is -2.45. The molecule has 0 N–H and O–H groups in total. The molecule has 2 heteroatoms. The largest absolute Gasteiger partial charge is 0.457 e. The molecule has 0 saturated heterocycles. The third-order valence-electron chi connectivity index (χ3n) is 5.43. The molecule has 95 valence electrons. The zero-order valence-corrected chi connectivity index (χ0v) is 10.6. The Hall–Kier alpha value is -0.530. The van der Waals surface area contributed by atoms with E-state index in [1.165, 1.54) is 57.8 Å². The van der Waals surface area contributed by atoms with Crippen molar-refractivity contribution in [2.75, 3.05) is 6.61 Å². The molecule has 4 aliphatic carbocycles. The van der Waals surface area contributed by atoms with Gasteiger partial charge in [-0.3, -0.25) is 0 Å². The molecule has 0 spiro atoms. The molecule has 0 heterocycles. The molecule has 0 aromatic rings. The minimum Gasteiger partial charge on any atom is -0.457 e. The monoisotopic (exact) mass is 235 g/mol. The fraction of sp³-hybridized carbons (Fsp3) is 0.933. The number of hydrogen-bond acceptors (Lipinski definition) is 2. The first-order chi connectivity index (χ1) is 8.30. The molecule has 2 nitrogen and oxygen atoms in total. The first-order valence-electron chi connectivity index (χ1n) is 7.29. The van der Waals surface area contributed by atoms with Gasteiger partial charge in [0.15, 0.2) is 0 Å². The van der Waals surface area contributed by atoms with Crippen molar-refractivity contribution < 1.29 is 9.53 Å². The summed E-state index contributed by atoms with van der Waals surface area (Å²) in [5.41, 5.74) is 0.694. The van der Waals surface area contributed by atoms with Gasteiger partial charge in [0.2, 0.25) is 0 Å². The highest BCUT2D eigenvalue weighted by Crippen LogP contribution is 2.61. The summed E-state index contributed by atoms with van der Waals surface area (Å²) in [6.45, 7) is 2.08. The molecule has 4 aliphatic rings. The molecule has 0 aromatic heterocycles. The summed E-state index contributed by atoms with van der Waals surface area (Å²) in [4.78, 5) is 9.94. The van der Waals surface area contributed by atoms with Crippen molar-refractivity contribution >= 4 is 6.47 Å². The molecular weight excluding hydrogens is 212 g/mol. The molecule has 4 rings (SSSR count). The van der Waals surface area contributed by atoms with Crippen LogP contribution in [0.15, 0.2) is 0 Å². The maximum atomic E-state index is 9.94. The van der Waals surface area contributed by atoms with Gasteiger partial charge in [0.1, 0.15) is 0 Å². The summed E-state index contributed by atoms with van der Waals surface area (Å²) in [7, 11) is 0. The van der Waals surface area contributed by atoms with Crippen LogP contribution in [0.5, 0.6) is 0 Å². The second-order valence-electron chi connectivity index (χ2n) is 6.81. The van der Waals surface area contributed by atoms with Crippen LogP contribution in [-0.4, -0.2) is 13.1 Å². The smallest absolute Gasteiger partial charge is 0.417 e. The molecule has 0 unspecified atom stereocenters. The molecule has 0 amide bonds. The predicted octanol–water partition coefficient (Wildman–Crippen LogP) is 3.46. The molecule has 0 aromatic carbocycles. The lowest BCUT2D eigenvalue weighted by Gasteiger charge is -2.57. The Morgan fingerprint density at radius 3 is 2.12 bits per heavy atom. The van der Waals surface area contributed by atoms with E-state index < -0.39 is 0 Å². The van der Waals surface area contributed by atoms with Crippen LogP contribution in [0.25, 0.3) is 0 Å². The molecule has 4 saturated carbocycles. The summed E-state index contributed by atoms with van der Waals surface area (Å²) in [6.07, 6.45) is 12.7. The normalized spacial score (nSPS) is 42.7. The zero-order chi connectivity index (χ0) is 11.7. The number of hydrogen-bond donors (Lipinski definition) is 0. The lowest BCUT2D eigenvalue weighted by molar-refractivity contribution is -0.0586. The molecule has 4 bridgehead atoms. The minimum atomic E-state index is 0.565. The van der Waals surface area contributed by atoms with Crippen LogP contribution in [0.2, 0.25) is 0 Å². The lowest BCUT2D eigenvalue weighted by atomic mass is 9.48. The molecule has 0 aliphatic heterocycles. The van der Waals surface area contributed by atoms with E-state index in [0.29, 0.717) is 12.0 Å². The summed E-state index contributed by atoms with van der Waals surface area (Å²) < 4.78 is 4.65. The van der Waals surface area contributed by atoms with Crippen molar-refractivity contribution in [3.63, 3.8) is 0 Å². The van der Waals surface area contributed by atoms with Crippen molar-refractivity contribution in [1.29, 1.82) is 0 Å². The third kappa shape index (κ3) is 2.36. The predicted molar refractivity (Wildman–Crippen MR) is 66.1 cm³/mol. The van der Waals surface area contributed by atoms with E-state index in [-0.39, 0.29) is 0 Å². The van der Waals surface area contributed by atoms with Crippen molar-refractivity contribution in [3.8, 4) is 0 Å². The van der Waals surface area contributed by atoms with Gasteiger partial charge in [-0.2, -0.15) is 0 Å².